The lowest BCUT2D eigenvalue weighted by Crippen LogP contribution is -2.15. The van der Waals surface area contributed by atoms with E-state index < -0.39 is 0 Å². The molecular formula is C33H40ClF. The summed E-state index contributed by atoms with van der Waals surface area (Å²) < 4.78 is 13.6. The summed E-state index contributed by atoms with van der Waals surface area (Å²) in [6, 6.07) is 23.5. The van der Waals surface area contributed by atoms with E-state index in [-0.39, 0.29) is 10.8 Å². The van der Waals surface area contributed by atoms with Crippen LogP contribution in [0.2, 0.25) is 5.02 Å². The number of aryl methyl sites for hydroxylation is 5. The van der Waals surface area contributed by atoms with Crippen molar-refractivity contribution in [2.45, 2.75) is 84.0 Å². The molecule has 2 heteroatoms. The molecule has 0 nitrogen and oxygen atoms in total. The van der Waals surface area contributed by atoms with Gasteiger partial charge in [0.15, 0.2) is 0 Å². The zero-order valence-corrected chi connectivity index (χ0v) is 22.0. The molecule has 0 heterocycles. The monoisotopic (exact) mass is 490 g/mol. The van der Waals surface area contributed by atoms with Crippen LogP contribution in [0.4, 0.5) is 4.39 Å². The van der Waals surface area contributed by atoms with Gasteiger partial charge in [-0.1, -0.05) is 105 Å². The van der Waals surface area contributed by atoms with Crippen LogP contribution in [0.25, 0.3) is 0 Å². The molecule has 0 N–H and O–H groups in total. The van der Waals surface area contributed by atoms with Crippen molar-refractivity contribution in [2.24, 2.45) is 11.8 Å². The van der Waals surface area contributed by atoms with Gasteiger partial charge in [-0.15, -0.1) is 0 Å². The molecule has 0 amide bonds. The van der Waals surface area contributed by atoms with E-state index in [1.54, 1.807) is 12.1 Å². The van der Waals surface area contributed by atoms with Crippen LogP contribution in [0.15, 0.2) is 66.7 Å². The first-order valence-electron chi connectivity index (χ1n) is 13.7. The van der Waals surface area contributed by atoms with Gasteiger partial charge in [0.2, 0.25) is 0 Å². The Morgan fingerprint density at radius 2 is 1.00 bits per heavy atom. The van der Waals surface area contributed by atoms with Crippen molar-refractivity contribution in [3.63, 3.8) is 0 Å². The summed E-state index contributed by atoms with van der Waals surface area (Å²) in [5, 5.41) is 0.194. The Morgan fingerprint density at radius 1 is 0.600 bits per heavy atom. The molecule has 1 saturated carbocycles. The molecule has 4 rings (SSSR count). The van der Waals surface area contributed by atoms with Crippen LogP contribution in [0.1, 0.15) is 79.7 Å². The molecule has 1 aliphatic rings. The highest BCUT2D eigenvalue weighted by Crippen LogP contribution is 2.34. The minimum atomic E-state index is -0.328. The summed E-state index contributed by atoms with van der Waals surface area (Å²) >= 11 is 5.78. The van der Waals surface area contributed by atoms with Gasteiger partial charge in [0.25, 0.3) is 0 Å². The van der Waals surface area contributed by atoms with Crippen molar-refractivity contribution >= 4 is 11.6 Å². The number of halogens is 2. The Hall–Kier alpha value is -2.12. The standard InChI is InChI=1S/C33H40ClF/c1-2-3-25-4-6-26(7-5-25)8-9-27-10-12-28(13-11-27)14-15-29-16-18-30(19-17-29)20-21-31-22-23-32(34)33(35)24-31/h4-7,16-19,22-24,27-28H,2-3,8-15,20-21H2,1H3. The Bertz CT molecular complexity index is 1030. The van der Waals surface area contributed by atoms with Crippen molar-refractivity contribution in [1.29, 1.82) is 0 Å². The van der Waals surface area contributed by atoms with Crippen molar-refractivity contribution in [3.05, 3.63) is 105 Å². The van der Waals surface area contributed by atoms with Crippen LogP contribution in [-0.4, -0.2) is 0 Å². The minimum absolute atomic E-state index is 0.194. The Balaban J connectivity index is 1.13. The third-order valence-corrected chi connectivity index (χ3v) is 8.23. The van der Waals surface area contributed by atoms with Gasteiger partial charge in [-0.3, -0.25) is 0 Å². The predicted molar refractivity (Wildman–Crippen MR) is 148 cm³/mol. The van der Waals surface area contributed by atoms with Gasteiger partial charge in [0, 0.05) is 0 Å². The number of hydrogen-bond acceptors (Lipinski definition) is 0. The van der Waals surface area contributed by atoms with Gasteiger partial charge >= 0.3 is 0 Å². The zero-order chi connectivity index (χ0) is 24.5. The van der Waals surface area contributed by atoms with Gasteiger partial charge in [0.1, 0.15) is 5.82 Å². The van der Waals surface area contributed by atoms with Crippen LogP contribution in [0.5, 0.6) is 0 Å². The van der Waals surface area contributed by atoms with E-state index in [4.69, 9.17) is 11.6 Å². The first kappa shape index (κ1) is 26.0. The number of rotatable bonds is 11. The number of benzene rings is 3. The normalized spacial score (nSPS) is 18.0. The number of hydrogen-bond donors (Lipinski definition) is 0. The van der Waals surface area contributed by atoms with E-state index in [0.29, 0.717) is 0 Å². The smallest absolute Gasteiger partial charge is 0.142 e. The maximum Gasteiger partial charge on any atom is 0.142 e. The van der Waals surface area contributed by atoms with E-state index in [9.17, 15) is 4.39 Å². The van der Waals surface area contributed by atoms with E-state index in [2.05, 4.69) is 55.5 Å². The van der Waals surface area contributed by atoms with Crippen LogP contribution in [0.3, 0.4) is 0 Å². The summed E-state index contributed by atoms with van der Waals surface area (Å²) in [5.74, 6) is 1.47. The molecule has 0 aromatic heterocycles. The maximum absolute atomic E-state index is 13.6. The van der Waals surface area contributed by atoms with Crippen molar-refractivity contribution in [1.82, 2.24) is 0 Å². The Morgan fingerprint density at radius 3 is 1.46 bits per heavy atom. The summed E-state index contributed by atoms with van der Waals surface area (Å²) in [5.41, 5.74) is 6.73. The molecule has 0 atom stereocenters. The Labute approximate surface area is 216 Å². The molecule has 0 spiro atoms. The topological polar surface area (TPSA) is 0 Å². The fourth-order valence-corrected chi connectivity index (χ4v) is 5.69. The fourth-order valence-electron chi connectivity index (χ4n) is 5.57. The highest BCUT2D eigenvalue weighted by molar-refractivity contribution is 6.30. The first-order valence-corrected chi connectivity index (χ1v) is 14.1. The first-order chi connectivity index (χ1) is 17.1. The van der Waals surface area contributed by atoms with E-state index in [1.165, 1.54) is 86.5 Å². The maximum atomic E-state index is 13.6. The molecule has 0 bridgehead atoms. The van der Waals surface area contributed by atoms with Crippen molar-refractivity contribution in [2.75, 3.05) is 0 Å². The van der Waals surface area contributed by atoms with Crippen LogP contribution in [0, 0.1) is 17.7 Å². The van der Waals surface area contributed by atoms with Gasteiger partial charge in [0.05, 0.1) is 5.02 Å². The molecule has 186 valence electrons. The Kier molecular flexibility index (Phi) is 9.83. The van der Waals surface area contributed by atoms with Crippen molar-refractivity contribution < 1.29 is 4.39 Å². The van der Waals surface area contributed by atoms with Crippen LogP contribution < -0.4 is 0 Å². The average Bonchev–Trinajstić information content (AvgIpc) is 2.89. The van der Waals surface area contributed by atoms with E-state index in [0.717, 1.165) is 30.2 Å². The highest BCUT2D eigenvalue weighted by Gasteiger charge is 2.21. The minimum Gasteiger partial charge on any atom is -0.205 e. The van der Waals surface area contributed by atoms with Gasteiger partial charge in [-0.05, 0) is 96.7 Å². The SMILES string of the molecule is CCCc1ccc(CCC2CCC(CCc3ccc(CCc4ccc(Cl)c(F)c4)cc3)CC2)cc1. The molecule has 3 aromatic carbocycles. The summed E-state index contributed by atoms with van der Waals surface area (Å²) in [7, 11) is 0. The predicted octanol–water partition coefficient (Wildman–Crippen LogP) is 9.59. The molecule has 35 heavy (non-hydrogen) atoms. The molecule has 0 aliphatic heterocycles. The van der Waals surface area contributed by atoms with Crippen LogP contribution >= 0.6 is 11.6 Å². The van der Waals surface area contributed by atoms with E-state index >= 15 is 0 Å². The third-order valence-electron chi connectivity index (χ3n) is 7.92. The molecule has 1 fully saturated rings. The second kappa shape index (κ2) is 13.3. The third kappa shape index (κ3) is 8.21. The summed E-state index contributed by atoms with van der Waals surface area (Å²) in [6.07, 6.45) is 14.9. The van der Waals surface area contributed by atoms with E-state index in [1.807, 2.05) is 6.07 Å². The summed E-state index contributed by atoms with van der Waals surface area (Å²) in [4.78, 5) is 0. The van der Waals surface area contributed by atoms with Crippen molar-refractivity contribution in [3.8, 4) is 0 Å². The highest BCUT2D eigenvalue weighted by atomic mass is 35.5. The van der Waals surface area contributed by atoms with Gasteiger partial charge in [-0.25, -0.2) is 4.39 Å². The lowest BCUT2D eigenvalue weighted by molar-refractivity contribution is 0.253. The van der Waals surface area contributed by atoms with Gasteiger partial charge < -0.3 is 0 Å². The van der Waals surface area contributed by atoms with Gasteiger partial charge in [-0.2, -0.15) is 0 Å². The largest absolute Gasteiger partial charge is 0.205 e. The second-order valence-electron chi connectivity index (χ2n) is 10.6. The quantitative estimate of drug-likeness (QED) is 0.251. The van der Waals surface area contributed by atoms with Crippen LogP contribution in [-0.2, 0) is 32.1 Å². The fraction of sp³-hybridized carbons (Fsp3) is 0.455. The lowest BCUT2D eigenvalue weighted by Gasteiger charge is -2.28. The summed E-state index contributed by atoms with van der Waals surface area (Å²) in [6.45, 7) is 2.25. The molecule has 0 radical (unpaired) electrons. The molecular weight excluding hydrogens is 451 g/mol. The molecule has 3 aromatic rings. The molecule has 1 aliphatic carbocycles. The second-order valence-corrected chi connectivity index (χ2v) is 11.0. The average molecular weight is 491 g/mol. The zero-order valence-electron chi connectivity index (χ0n) is 21.2. The lowest BCUT2D eigenvalue weighted by atomic mass is 9.77. The molecule has 0 unspecified atom stereocenters. The molecule has 0 saturated heterocycles.